The largest absolute Gasteiger partial charge is 0.506 e. The van der Waals surface area contributed by atoms with E-state index in [1.165, 1.54) is 29.7 Å². The Morgan fingerprint density at radius 2 is 1.93 bits per heavy atom. The Kier molecular flexibility index (Phi) is 5.02. The number of benzene rings is 1. The molecule has 0 bridgehead atoms. The van der Waals surface area contributed by atoms with Gasteiger partial charge in [0.1, 0.15) is 17.7 Å². The number of fused-ring (bicyclic) bond motifs is 1. The topological polar surface area (TPSA) is 70.5 Å². The van der Waals surface area contributed by atoms with E-state index >= 15 is 0 Å². The summed E-state index contributed by atoms with van der Waals surface area (Å²) in [5, 5.41) is 9.31. The van der Waals surface area contributed by atoms with Crippen LogP contribution in [0.3, 0.4) is 0 Å². The number of ketones is 1. The lowest BCUT2D eigenvalue weighted by atomic mass is 9.79. The van der Waals surface area contributed by atoms with E-state index in [1.54, 1.807) is 6.07 Å². The van der Waals surface area contributed by atoms with Crippen molar-refractivity contribution in [1.82, 2.24) is 9.88 Å². The number of nitrogens with zero attached hydrogens (tertiary/aromatic N) is 2. The molecule has 0 amide bonds. The molecular weight excluding hydrogens is 352 g/mol. The molecule has 1 saturated carbocycles. The van der Waals surface area contributed by atoms with E-state index in [2.05, 4.69) is 28.9 Å². The van der Waals surface area contributed by atoms with Crippen molar-refractivity contribution < 1.29 is 14.7 Å². The Morgan fingerprint density at radius 3 is 2.54 bits per heavy atom. The molecule has 2 aromatic rings. The quantitative estimate of drug-likeness (QED) is 0.618. The van der Waals surface area contributed by atoms with E-state index in [0.717, 1.165) is 32.4 Å². The van der Waals surface area contributed by atoms with Crippen LogP contribution in [-0.4, -0.2) is 46.7 Å². The summed E-state index contributed by atoms with van der Waals surface area (Å²) < 4.78 is 0. The highest BCUT2D eigenvalue weighted by molar-refractivity contribution is 5.95. The van der Waals surface area contributed by atoms with Crippen LogP contribution >= 0.6 is 0 Å². The molecule has 28 heavy (non-hydrogen) atoms. The Hall–Kier alpha value is -2.53. The van der Waals surface area contributed by atoms with Gasteiger partial charge in [-0.2, -0.15) is 0 Å². The fourth-order valence-electron chi connectivity index (χ4n) is 5.06. The molecular formula is C23H26N2O3. The number of carbonyl (C=O) groups is 2. The van der Waals surface area contributed by atoms with Crippen LogP contribution < -0.4 is 0 Å². The number of carbonyl (C=O) groups excluding carboxylic acids is 2. The van der Waals surface area contributed by atoms with Crippen LogP contribution in [-0.2, 0) is 11.2 Å². The second kappa shape index (κ2) is 7.47. The number of hydrogen-bond donors (Lipinski definition) is 1. The number of Topliss-reactive ketones (excluding diaryl/α,β-unsaturated/α-hetero) is 1. The first-order valence-corrected chi connectivity index (χ1v) is 9.89. The third-order valence-corrected chi connectivity index (χ3v) is 6.44. The van der Waals surface area contributed by atoms with Crippen molar-refractivity contribution in [3.05, 3.63) is 59.4 Å². The van der Waals surface area contributed by atoms with Gasteiger partial charge in [0.25, 0.3) is 0 Å². The van der Waals surface area contributed by atoms with Crippen LogP contribution in [0.1, 0.15) is 34.5 Å². The summed E-state index contributed by atoms with van der Waals surface area (Å²) in [6.07, 6.45) is 5.10. The lowest BCUT2D eigenvalue weighted by Crippen LogP contribution is -2.32. The molecule has 1 saturated heterocycles. The molecule has 146 valence electrons. The molecule has 1 N–H and O–H groups in total. The molecule has 4 rings (SSSR count). The minimum absolute atomic E-state index is 0.0264. The summed E-state index contributed by atoms with van der Waals surface area (Å²) >= 11 is 0. The van der Waals surface area contributed by atoms with Crippen molar-refractivity contribution in [1.29, 1.82) is 0 Å². The monoisotopic (exact) mass is 378 g/mol. The van der Waals surface area contributed by atoms with Crippen LogP contribution in [0.15, 0.2) is 42.6 Å². The maximum atomic E-state index is 12.5. The summed E-state index contributed by atoms with van der Waals surface area (Å²) in [6.45, 7) is 4.17. The predicted molar refractivity (Wildman–Crippen MR) is 106 cm³/mol. The number of aromatic nitrogens is 1. The smallest absolute Gasteiger partial charge is 0.195 e. The molecule has 0 radical (unpaired) electrons. The second-order valence-corrected chi connectivity index (χ2v) is 8.53. The lowest BCUT2D eigenvalue weighted by Gasteiger charge is -2.26. The second-order valence-electron chi connectivity index (χ2n) is 8.53. The Balaban J connectivity index is 1.38. The number of rotatable bonds is 6. The van der Waals surface area contributed by atoms with Crippen LogP contribution in [0.5, 0.6) is 5.75 Å². The van der Waals surface area contributed by atoms with Gasteiger partial charge in [0.2, 0.25) is 0 Å². The molecule has 1 aromatic heterocycles. The van der Waals surface area contributed by atoms with Crippen molar-refractivity contribution in [2.75, 3.05) is 19.6 Å². The molecule has 5 nitrogen and oxygen atoms in total. The van der Waals surface area contributed by atoms with Gasteiger partial charge in [-0.1, -0.05) is 24.3 Å². The minimum Gasteiger partial charge on any atom is -0.506 e. The molecule has 0 spiro atoms. The molecule has 3 atom stereocenters. The number of pyridine rings is 1. The van der Waals surface area contributed by atoms with E-state index in [1.807, 2.05) is 12.1 Å². The van der Waals surface area contributed by atoms with Crippen LogP contribution in [0.2, 0.25) is 0 Å². The van der Waals surface area contributed by atoms with Crippen molar-refractivity contribution in [2.24, 2.45) is 17.3 Å². The highest BCUT2D eigenvalue weighted by Crippen LogP contribution is 2.49. The third-order valence-electron chi connectivity index (χ3n) is 6.44. The number of aromatic hydroxyl groups is 1. The van der Waals surface area contributed by atoms with E-state index in [9.17, 15) is 14.7 Å². The van der Waals surface area contributed by atoms with Gasteiger partial charge in [-0.05, 0) is 61.3 Å². The average molecular weight is 378 g/mol. The molecule has 1 aliphatic carbocycles. The summed E-state index contributed by atoms with van der Waals surface area (Å²) in [7, 11) is 0. The van der Waals surface area contributed by atoms with Gasteiger partial charge in [0.15, 0.2) is 5.78 Å². The molecule has 1 aliphatic heterocycles. The van der Waals surface area contributed by atoms with Crippen LogP contribution in [0, 0.1) is 24.2 Å². The first-order valence-electron chi connectivity index (χ1n) is 9.89. The number of aldehydes is 1. The average Bonchev–Trinajstić information content (AvgIpc) is 3.19. The Labute approximate surface area is 165 Å². The predicted octanol–water partition coefficient (Wildman–Crippen LogP) is 3.05. The van der Waals surface area contributed by atoms with Gasteiger partial charge in [0, 0.05) is 18.5 Å². The molecule has 2 aliphatic rings. The zero-order valence-electron chi connectivity index (χ0n) is 16.2. The highest BCUT2D eigenvalue weighted by Gasteiger charge is 2.49. The zero-order chi connectivity index (χ0) is 19.7. The number of hydrogen-bond acceptors (Lipinski definition) is 5. The molecule has 2 heterocycles. The van der Waals surface area contributed by atoms with E-state index in [0.29, 0.717) is 24.1 Å². The Morgan fingerprint density at radius 1 is 1.21 bits per heavy atom. The van der Waals surface area contributed by atoms with Crippen molar-refractivity contribution in [3.8, 4) is 5.75 Å². The maximum absolute atomic E-state index is 12.5. The van der Waals surface area contributed by atoms with Crippen molar-refractivity contribution in [2.45, 2.75) is 26.2 Å². The first kappa shape index (κ1) is 18.8. The van der Waals surface area contributed by atoms with E-state index in [4.69, 9.17) is 0 Å². The summed E-state index contributed by atoms with van der Waals surface area (Å²) in [5.41, 5.74) is 2.63. The number of aryl methyl sites for hydroxylation is 1. The minimum atomic E-state index is -0.268. The molecule has 2 fully saturated rings. The van der Waals surface area contributed by atoms with E-state index in [-0.39, 0.29) is 16.9 Å². The van der Waals surface area contributed by atoms with Crippen LogP contribution in [0.4, 0.5) is 0 Å². The standard InChI is InChI=1S/C23H26N2O3/c1-16-4-2-3-5-17(16)8-23(15-26)9-18-12-25(13-19(18)10-23)14-22(28)21-7-6-20(27)11-24-21/h2-7,11,15,18-19,27H,8-10,12-14H2,1H3/t18-,19+,23?. The van der Waals surface area contributed by atoms with Gasteiger partial charge < -0.3 is 9.90 Å². The molecule has 5 heteroatoms. The molecule has 1 aromatic carbocycles. The van der Waals surface area contributed by atoms with Gasteiger partial charge in [-0.3, -0.25) is 9.69 Å². The van der Waals surface area contributed by atoms with E-state index < -0.39 is 0 Å². The summed E-state index contributed by atoms with van der Waals surface area (Å²) in [4.78, 5) is 30.7. The van der Waals surface area contributed by atoms with Gasteiger partial charge in [-0.25, -0.2) is 4.98 Å². The third kappa shape index (κ3) is 3.72. The highest BCUT2D eigenvalue weighted by atomic mass is 16.3. The SMILES string of the molecule is Cc1ccccc1CC1(C=O)C[C@H]2CN(CC(=O)c3ccc(O)cn3)C[C@H]2C1. The van der Waals surface area contributed by atoms with Crippen molar-refractivity contribution in [3.63, 3.8) is 0 Å². The fraction of sp³-hybridized carbons (Fsp3) is 0.435. The lowest BCUT2D eigenvalue weighted by molar-refractivity contribution is -0.116. The first-order chi connectivity index (χ1) is 13.5. The Bertz CT molecular complexity index is 864. The fourth-order valence-corrected chi connectivity index (χ4v) is 5.06. The van der Waals surface area contributed by atoms with Crippen molar-refractivity contribution >= 4 is 12.1 Å². The molecule has 1 unspecified atom stereocenters. The van der Waals surface area contributed by atoms with Gasteiger partial charge in [-0.15, -0.1) is 0 Å². The summed E-state index contributed by atoms with van der Waals surface area (Å²) in [6, 6.07) is 11.4. The summed E-state index contributed by atoms with van der Waals surface area (Å²) in [5.74, 6) is 0.970. The van der Waals surface area contributed by atoms with Gasteiger partial charge in [0.05, 0.1) is 12.7 Å². The van der Waals surface area contributed by atoms with Gasteiger partial charge >= 0.3 is 0 Å². The zero-order valence-corrected chi connectivity index (χ0v) is 16.2. The maximum Gasteiger partial charge on any atom is 0.195 e. The normalized spacial score (nSPS) is 26.9. The number of likely N-dealkylation sites (tertiary alicyclic amines) is 1. The van der Waals surface area contributed by atoms with Crippen LogP contribution in [0.25, 0.3) is 0 Å².